The van der Waals surface area contributed by atoms with E-state index in [-0.39, 0.29) is 6.71 Å². The fraction of sp³-hybridized carbons (Fsp3) is 0. The maximum atomic E-state index is 6.69. The van der Waals surface area contributed by atoms with Gasteiger partial charge in [-0.25, -0.2) is 4.98 Å². The van der Waals surface area contributed by atoms with E-state index >= 15 is 0 Å². The minimum Gasteiger partial charge on any atom is -0.458 e. The maximum absolute atomic E-state index is 6.69. The Bertz CT molecular complexity index is 2950. The van der Waals surface area contributed by atoms with Gasteiger partial charge in [-0.15, -0.1) is 0 Å². The number of hydrogen-bond donors (Lipinski definition) is 0. The fourth-order valence-electron chi connectivity index (χ4n) is 8.49. The number of para-hydroxylation sites is 6. The molecule has 5 heterocycles. The molecule has 0 spiro atoms. The molecule has 7 aromatic carbocycles. The zero-order chi connectivity index (χ0) is 32.5. The van der Waals surface area contributed by atoms with Crippen LogP contribution in [0.4, 0.5) is 0 Å². The monoisotopic (exact) mass is 640 g/mol. The molecule has 2 aliphatic rings. The number of aromatic nitrogens is 4. The van der Waals surface area contributed by atoms with Gasteiger partial charge in [-0.3, -0.25) is 8.97 Å². The molecule has 0 bridgehead atoms. The normalized spacial score (nSPS) is 13.1. The summed E-state index contributed by atoms with van der Waals surface area (Å²) in [5.74, 6) is 4.17. The van der Waals surface area contributed by atoms with Crippen LogP contribution in [0.2, 0.25) is 0 Å². The maximum Gasteiger partial charge on any atom is 0.260 e. The lowest BCUT2D eigenvalue weighted by Gasteiger charge is -2.33. The van der Waals surface area contributed by atoms with E-state index in [9.17, 15) is 0 Å². The molecule has 50 heavy (non-hydrogen) atoms. The van der Waals surface area contributed by atoms with Gasteiger partial charge < -0.3 is 14.0 Å². The van der Waals surface area contributed by atoms with Crippen molar-refractivity contribution in [3.05, 3.63) is 152 Å². The van der Waals surface area contributed by atoms with Crippen molar-refractivity contribution in [2.45, 2.75) is 0 Å². The van der Waals surface area contributed by atoms with E-state index in [1.165, 1.54) is 21.8 Å². The molecule has 0 atom stereocenters. The van der Waals surface area contributed by atoms with Crippen LogP contribution < -0.4 is 25.9 Å². The molecule has 0 fully saturated rings. The summed E-state index contributed by atoms with van der Waals surface area (Å²) in [5, 5.41) is 2.48. The fourth-order valence-corrected chi connectivity index (χ4v) is 8.49. The molecule has 0 saturated heterocycles. The van der Waals surface area contributed by atoms with Gasteiger partial charge in [0.05, 0.1) is 38.8 Å². The molecule has 0 unspecified atom stereocenters. The Balaban J connectivity index is 1.15. The lowest BCUT2D eigenvalue weighted by atomic mass is 9.35. The molecule has 0 saturated carbocycles. The quantitative estimate of drug-likeness (QED) is 0.179. The molecular weight excluding hydrogens is 615 g/mol. The van der Waals surface area contributed by atoms with E-state index in [0.29, 0.717) is 0 Å². The molecule has 0 aliphatic carbocycles. The summed E-state index contributed by atoms with van der Waals surface area (Å²) in [6.45, 7) is 0.0214. The van der Waals surface area contributed by atoms with Crippen LogP contribution >= 0.6 is 0 Å². The molecule has 232 valence electrons. The topological polar surface area (TPSA) is 45.6 Å². The Kier molecular flexibility index (Phi) is 4.96. The van der Waals surface area contributed by atoms with Crippen LogP contribution in [-0.2, 0) is 0 Å². The van der Waals surface area contributed by atoms with E-state index in [2.05, 4.69) is 147 Å². The van der Waals surface area contributed by atoms with Crippen molar-refractivity contribution < 1.29 is 9.47 Å². The third-order valence-electron chi connectivity index (χ3n) is 10.6. The average Bonchev–Trinajstić information content (AvgIpc) is 3.81. The van der Waals surface area contributed by atoms with Crippen LogP contribution in [0.15, 0.2) is 152 Å². The van der Waals surface area contributed by atoms with Gasteiger partial charge in [0, 0.05) is 34.1 Å². The molecule has 6 nitrogen and oxygen atoms in total. The van der Waals surface area contributed by atoms with Gasteiger partial charge in [-0.1, -0.05) is 84.9 Å². The van der Waals surface area contributed by atoms with E-state index in [0.717, 1.165) is 78.6 Å². The average molecular weight is 641 g/mol. The van der Waals surface area contributed by atoms with Crippen molar-refractivity contribution >= 4 is 72.8 Å². The number of fused-ring (bicyclic) bond motifs is 12. The molecule has 7 heteroatoms. The standard InChI is InChI=1S/C43H25BN4O2/c1-6-16-33-28(11-1)29-12-2-7-17-34(29)46(33)26-21-22-36-37(23-26)48-35-18-8-5-15-32(35)45-43(48)47(36)27-24-40-42-41(25-27)50-39-20-10-4-14-31(39)44(42)30-13-3-9-19-38(30)49-40/h1-25H. The predicted molar refractivity (Wildman–Crippen MR) is 202 cm³/mol. The summed E-state index contributed by atoms with van der Waals surface area (Å²) in [6, 6.07) is 53.3. The minimum atomic E-state index is 0.0214. The van der Waals surface area contributed by atoms with Crippen LogP contribution in [0.1, 0.15) is 0 Å². The Hall–Kier alpha value is -6.73. The van der Waals surface area contributed by atoms with Crippen LogP contribution in [0.5, 0.6) is 23.0 Å². The second-order valence-corrected chi connectivity index (χ2v) is 13.2. The van der Waals surface area contributed by atoms with Crippen molar-refractivity contribution in [3.63, 3.8) is 0 Å². The first-order valence-electron chi connectivity index (χ1n) is 16.9. The first kappa shape index (κ1) is 26.3. The van der Waals surface area contributed by atoms with Crippen LogP contribution in [0, 0.1) is 0 Å². The number of nitrogens with zero attached hydrogens (tertiary/aromatic N) is 4. The third-order valence-corrected chi connectivity index (χ3v) is 10.6. The number of benzene rings is 7. The highest BCUT2D eigenvalue weighted by atomic mass is 16.5. The summed E-state index contributed by atoms with van der Waals surface area (Å²) >= 11 is 0. The molecule has 12 rings (SSSR count). The highest BCUT2D eigenvalue weighted by molar-refractivity contribution is 6.98. The number of hydrogen-bond acceptors (Lipinski definition) is 3. The second-order valence-electron chi connectivity index (χ2n) is 13.2. The van der Waals surface area contributed by atoms with E-state index in [4.69, 9.17) is 14.5 Å². The summed E-state index contributed by atoms with van der Waals surface area (Å²) in [7, 11) is 0. The molecule has 2 aliphatic heterocycles. The van der Waals surface area contributed by atoms with Crippen LogP contribution in [-0.4, -0.2) is 25.2 Å². The van der Waals surface area contributed by atoms with Crippen molar-refractivity contribution in [2.75, 3.05) is 0 Å². The van der Waals surface area contributed by atoms with Gasteiger partial charge >= 0.3 is 0 Å². The Labute approximate surface area is 286 Å². The Morgan fingerprint density at radius 3 is 1.70 bits per heavy atom. The molecule has 0 amide bonds. The summed E-state index contributed by atoms with van der Waals surface area (Å²) in [5.41, 5.74) is 11.8. The second kappa shape index (κ2) is 9.46. The van der Waals surface area contributed by atoms with Gasteiger partial charge in [0.2, 0.25) is 5.78 Å². The number of imidazole rings is 2. The van der Waals surface area contributed by atoms with Crippen LogP contribution in [0.3, 0.4) is 0 Å². The van der Waals surface area contributed by atoms with Crippen molar-refractivity contribution in [1.82, 2.24) is 18.5 Å². The smallest absolute Gasteiger partial charge is 0.260 e. The Morgan fingerprint density at radius 1 is 0.440 bits per heavy atom. The number of rotatable bonds is 2. The van der Waals surface area contributed by atoms with Gasteiger partial charge in [0.1, 0.15) is 23.0 Å². The summed E-state index contributed by atoms with van der Waals surface area (Å²) in [4.78, 5) is 5.23. The van der Waals surface area contributed by atoms with Gasteiger partial charge in [-0.2, -0.15) is 0 Å². The molecule has 0 radical (unpaired) electrons. The largest absolute Gasteiger partial charge is 0.458 e. The molecule has 3 aromatic heterocycles. The van der Waals surface area contributed by atoms with E-state index in [1.54, 1.807) is 0 Å². The van der Waals surface area contributed by atoms with E-state index in [1.807, 2.05) is 18.2 Å². The van der Waals surface area contributed by atoms with E-state index < -0.39 is 0 Å². The molecule has 0 N–H and O–H groups in total. The van der Waals surface area contributed by atoms with Crippen molar-refractivity contribution in [1.29, 1.82) is 0 Å². The van der Waals surface area contributed by atoms with Gasteiger partial charge in [0.25, 0.3) is 6.71 Å². The SMILES string of the molecule is c1ccc2c(c1)Oc1cc(-n3c4ccc(-n5c6ccccc6c6ccccc65)cc4n4c5ccccc5nc34)cc3c1B2c1ccccc1O3. The predicted octanol–water partition coefficient (Wildman–Crippen LogP) is 8.26. The Morgan fingerprint density at radius 2 is 1.02 bits per heavy atom. The van der Waals surface area contributed by atoms with Gasteiger partial charge in [0.15, 0.2) is 0 Å². The first-order valence-corrected chi connectivity index (χ1v) is 16.9. The highest BCUT2D eigenvalue weighted by Gasteiger charge is 2.40. The first-order chi connectivity index (χ1) is 24.8. The van der Waals surface area contributed by atoms with Gasteiger partial charge in [-0.05, 0) is 65.5 Å². The molecule has 10 aromatic rings. The summed E-state index contributed by atoms with van der Waals surface area (Å²) < 4.78 is 20.3. The van der Waals surface area contributed by atoms with Crippen LogP contribution in [0.25, 0.3) is 61.0 Å². The van der Waals surface area contributed by atoms with Crippen molar-refractivity contribution in [3.8, 4) is 34.4 Å². The number of ether oxygens (including phenoxy) is 2. The summed E-state index contributed by atoms with van der Waals surface area (Å²) in [6.07, 6.45) is 0. The zero-order valence-electron chi connectivity index (χ0n) is 26.6. The lowest BCUT2D eigenvalue weighted by Crippen LogP contribution is -2.57. The lowest BCUT2D eigenvalue weighted by molar-refractivity contribution is 0.464. The zero-order valence-corrected chi connectivity index (χ0v) is 26.6. The molecular formula is C43H25BN4O2. The van der Waals surface area contributed by atoms with Crippen molar-refractivity contribution in [2.24, 2.45) is 0 Å². The highest BCUT2D eigenvalue weighted by Crippen LogP contribution is 2.39. The minimum absolute atomic E-state index is 0.0214. The third kappa shape index (κ3) is 3.35.